The molecule has 2 heterocycles. The van der Waals surface area contributed by atoms with Gasteiger partial charge in [0.2, 0.25) is 5.88 Å². The fraction of sp³-hybridized carbons (Fsp3) is 0.200. The third-order valence-corrected chi connectivity index (χ3v) is 3.75. The van der Waals surface area contributed by atoms with E-state index in [0.717, 1.165) is 27.7 Å². The van der Waals surface area contributed by atoms with E-state index in [0.29, 0.717) is 5.88 Å². The molecular weight excluding hydrogens is 270 g/mol. The second-order valence-corrected chi connectivity index (χ2v) is 5.49. The highest BCUT2D eigenvalue weighted by Crippen LogP contribution is 2.30. The second kappa shape index (κ2) is 5.54. The molecule has 0 aliphatic carbocycles. The minimum absolute atomic E-state index is 0.671. The molecule has 1 aromatic carbocycles. The third kappa shape index (κ3) is 2.25. The number of thioether (sulfide) groups is 1. The highest BCUT2D eigenvalue weighted by Gasteiger charge is 2.15. The number of methoxy groups -OCH3 is 1. The second-order valence-electron chi connectivity index (χ2n) is 4.21. The molecule has 2 aromatic heterocycles. The first-order valence-electron chi connectivity index (χ1n) is 6.45. The van der Waals surface area contributed by atoms with Crippen molar-refractivity contribution in [3.63, 3.8) is 0 Å². The van der Waals surface area contributed by atoms with Gasteiger partial charge in [0, 0.05) is 5.56 Å². The molecule has 5 heteroatoms. The van der Waals surface area contributed by atoms with Gasteiger partial charge in [-0.1, -0.05) is 37.3 Å². The number of ether oxygens (including phenoxy) is 1. The van der Waals surface area contributed by atoms with Crippen LogP contribution < -0.4 is 4.74 Å². The summed E-state index contributed by atoms with van der Waals surface area (Å²) in [6.45, 7) is 2.11. The minimum Gasteiger partial charge on any atom is -0.479 e. The van der Waals surface area contributed by atoms with Crippen molar-refractivity contribution >= 4 is 17.4 Å². The van der Waals surface area contributed by atoms with Gasteiger partial charge in [0.25, 0.3) is 0 Å². The van der Waals surface area contributed by atoms with E-state index >= 15 is 0 Å². The van der Waals surface area contributed by atoms with E-state index in [1.54, 1.807) is 23.4 Å². The Balaban J connectivity index is 2.19. The lowest BCUT2D eigenvalue weighted by Gasteiger charge is -2.03. The first-order valence-corrected chi connectivity index (χ1v) is 7.44. The summed E-state index contributed by atoms with van der Waals surface area (Å²) in [6, 6.07) is 14.0. The molecule has 0 amide bonds. The van der Waals surface area contributed by atoms with Crippen LogP contribution in [-0.2, 0) is 0 Å². The van der Waals surface area contributed by atoms with Crippen molar-refractivity contribution in [3.05, 3.63) is 42.5 Å². The van der Waals surface area contributed by atoms with Crippen LogP contribution in [0.5, 0.6) is 5.88 Å². The largest absolute Gasteiger partial charge is 0.479 e. The summed E-state index contributed by atoms with van der Waals surface area (Å²) < 4.78 is 7.28. The summed E-state index contributed by atoms with van der Waals surface area (Å²) in [5.41, 5.74) is 2.64. The lowest BCUT2D eigenvalue weighted by Crippen LogP contribution is -1.97. The van der Waals surface area contributed by atoms with Gasteiger partial charge >= 0.3 is 0 Å². The highest BCUT2D eigenvalue weighted by atomic mass is 32.2. The van der Waals surface area contributed by atoms with Crippen LogP contribution in [0, 0.1) is 0 Å². The van der Waals surface area contributed by atoms with E-state index in [1.165, 1.54) is 0 Å². The monoisotopic (exact) mass is 285 g/mol. The molecule has 0 fully saturated rings. The van der Waals surface area contributed by atoms with Crippen LogP contribution in [0.1, 0.15) is 6.92 Å². The Kier molecular flexibility index (Phi) is 3.60. The molecule has 0 radical (unpaired) electrons. The van der Waals surface area contributed by atoms with Gasteiger partial charge in [-0.2, -0.15) is 9.61 Å². The van der Waals surface area contributed by atoms with Gasteiger partial charge in [-0.05, 0) is 17.9 Å². The molecule has 0 aliphatic heterocycles. The van der Waals surface area contributed by atoms with Gasteiger partial charge in [-0.3, -0.25) is 0 Å². The molecule has 102 valence electrons. The zero-order valence-electron chi connectivity index (χ0n) is 11.4. The number of fused-ring (bicyclic) bond motifs is 1. The molecule has 0 saturated carbocycles. The number of hydrogen-bond acceptors (Lipinski definition) is 4. The lowest BCUT2D eigenvalue weighted by molar-refractivity contribution is 0.387. The van der Waals surface area contributed by atoms with Gasteiger partial charge in [0.05, 0.1) is 7.11 Å². The molecule has 0 aliphatic rings. The Morgan fingerprint density at radius 3 is 2.65 bits per heavy atom. The predicted octanol–water partition coefficient (Wildman–Crippen LogP) is 3.52. The zero-order chi connectivity index (χ0) is 13.9. The summed E-state index contributed by atoms with van der Waals surface area (Å²) in [5.74, 6) is 1.66. The molecule has 4 nitrogen and oxygen atoms in total. The molecule has 0 saturated heterocycles. The van der Waals surface area contributed by atoms with Crippen molar-refractivity contribution in [3.8, 4) is 17.1 Å². The van der Waals surface area contributed by atoms with Gasteiger partial charge in [0.15, 0.2) is 5.65 Å². The van der Waals surface area contributed by atoms with Crippen molar-refractivity contribution in [2.45, 2.75) is 11.9 Å². The normalized spacial score (nSPS) is 10.9. The quantitative estimate of drug-likeness (QED) is 0.688. The number of nitrogens with zero attached hydrogens (tertiary/aromatic N) is 3. The third-order valence-electron chi connectivity index (χ3n) is 2.94. The summed E-state index contributed by atoms with van der Waals surface area (Å²) >= 11 is 1.70. The number of imidazole rings is 1. The summed E-state index contributed by atoms with van der Waals surface area (Å²) in [7, 11) is 1.65. The molecule has 3 rings (SSSR count). The maximum Gasteiger partial charge on any atom is 0.243 e. The Bertz CT molecular complexity index is 725. The summed E-state index contributed by atoms with van der Waals surface area (Å²) in [5, 5.41) is 5.54. The van der Waals surface area contributed by atoms with Crippen LogP contribution >= 0.6 is 11.8 Å². The van der Waals surface area contributed by atoms with Crippen LogP contribution in [0.15, 0.2) is 47.5 Å². The van der Waals surface area contributed by atoms with Gasteiger partial charge in [0.1, 0.15) is 10.7 Å². The minimum atomic E-state index is 0.671. The smallest absolute Gasteiger partial charge is 0.243 e. The molecule has 0 bridgehead atoms. The van der Waals surface area contributed by atoms with Crippen molar-refractivity contribution in [2.75, 3.05) is 12.9 Å². The molecule has 0 N–H and O–H groups in total. The molecule has 0 atom stereocenters. The van der Waals surface area contributed by atoms with E-state index in [2.05, 4.69) is 17.0 Å². The Hall–Kier alpha value is -2.01. The van der Waals surface area contributed by atoms with Crippen molar-refractivity contribution in [1.82, 2.24) is 14.6 Å². The fourth-order valence-corrected chi connectivity index (χ4v) is 2.69. The van der Waals surface area contributed by atoms with E-state index in [4.69, 9.17) is 4.74 Å². The highest BCUT2D eigenvalue weighted by molar-refractivity contribution is 7.99. The number of hydrogen-bond donors (Lipinski definition) is 0. The molecule has 20 heavy (non-hydrogen) atoms. The van der Waals surface area contributed by atoms with E-state index < -0.39 is 0 Å². The Morgan fingerprint density at radius 1 is 1.15 bits per heavy atom. The average Bonchev–Trinajstić information content (AvgIpc) is 2.86. The number of benzene rings is 1. The standard InChI is InChI=1S/C15H15N3OS/c1-3-20-13-10-9-12-16-14(11-7-5-4-6-8-11)15(19-2)18(12)17-13/h4-10H,3H2,1-2H3. The zero-order valence-corrected chi connectivity index (χ0v) is 12.2. The fourth-order valence-electron chi connectivity index (χ4n) is 2.09. The van der Waals surface area contributed by atoms with Crippen LogP contribution in [-0.4, -0.2) is 27.5 Å². The average molecular weight is 285 g/mol. The van der Waals surface area contributed by atoms with E-state index in [-0.39, 0.29) is 0 Å². The van der Waals surface area contributed by atoms with E-state index in [9.17, 15) is 0 Å². The van der Waals surface area contributed by atoms with Crippen LogP contribution in [0.25, 0.3) is 16.9 Å². The first kappa shape index (κ1) is 13.0. The molecule has 0 spiro atoms. The summed E-state index contributed by atoms with van der Waals surface area (Å²) in [4.78, 5) is 4.62. The summed E-state index contributed by atoms with van der Waals surface area (Å²) in [6.07, 6.45) is 0. The maximum absolute atomic E-state index is 5.51. The SMILES string of the molecule is CCSc1ccc2nc(-c3ccccc3)c(OC)n2n1. The van der Waals surface area contributed by atoms with Crippen molar-refractivity contribution < 1.29 is 4.74 Å². The van der Waals surface area contributed by atoms with Gasteiger partial charge < -0.3 is 4.74 Å². The number of rotatable bonds is 4. The van der Waals surface area contributed by atoms with Crippen molar-refractivity contribution in [1.29, 1.82) is 0 Å². The Labute approximate surface area is 121 Å². The lowest BCUT2D eigenvalue weighted by atomic mass is 10.2. The van der Waals surface area contributed by atoms with Crippen molar-refractivity contribution in [2.24, 2.45) is 0 Å². The molecular formula is C15H15N3OS. The van der Waals surface area contributed by atoms with Gasteiger partial charge in [-0.25, -0.2) is 4.98 Å². The van der Waals surface area contributed by atoms with Crippen LogP contribution in [0.4, 0.5) is 0 Å². The predicted molar refractivity (Wildman–Crippen MR) is 81.4 cm³/mol. The molecule has 3 aromatic rings. The maximum atomic E-state index is 5.51. The molecule has 0 unspecified atom stereocenters. The van der Waals surface area contributed by atoms with E-state index in [1.807, 2.05) is 42.5 Å². The van der Waals surface area contributed by atoms with Crippen LogP contribution in [0.3, 0.4) is 0 Å². The van der Waals surface area contributed by atoms with Crippen LogP contribution in [0.2, 0.25) is 0 Å². The number of aromatic nitrogens is 3. The topological polar surface area (TPSA) is 39.4 Å². The first-order chi connectivity index (χ1) is 9.83. The van der Waals surface area contributed by atoms with Gasteiger partial charge in [-0.15, -0.1) is 11.8 Å². The Morgan fingerprint density at radius 2 is 1.95 bits per heavy atom.